The van der Waals surface area contributed by atoms with Gasteiger partial charge in [-0.3, -0.25) is 18.7 Å². The second-order valence-corrected chi connectivity index (χ2v) is 9.22. The average molecular weight is 516 g/mol. The van der Waals surface area contributed by atoms with E-state index in [1.54, 1.807) is 41.0 Å². The minimum Gasteiger partial charge on any atom is -0.493 e. The number of fused-ring (bicyclic) bond motifs is 1. The molecule has 0 aliphatic rings. The zero-order chi connectivity index (χ0) is 27.2. The summed E-state index contributed by atoms with van der Waals surface area (Å²) < 4.78 is 13.7. The van der Waals surface area contributed by atoms with Crippen molar-refractivity contribution >= 4 is 16.8 Å². The van der Waals surface area contributed by atoms with Gasteiger partial charge in [0, 0.05) is 18.2 Å². The van der Waals surface area contributed by atoms with Gasteiger partial charge in [-0.05, 0) is 48.2 Å². The highest BCUT2D eigenvalue weighted by atomic mass is 16.5. The summed E-state index contributed by atoms with van der Waals surface area (Å²) in [6.07, 6.45) is 1.92. The lowest BCUT2D eigenvalue weighted by atomic mass is 10.1. The fourth-order valence-corrected chi connectivity index (χ4v) is 4.42. The van der Waals surface area contributed by atoms with Crippen molar-refractivity contribution in [3.05, 3.63) is 104 Å². The molecule has 3 aromatic carbocycles. The number of aromatic nitrogens is 2. The van der Waals surface area contributed by atoms with Crippen molar-refractivity contribution in [3.8, 4) is 11.5 Å². The molecular formula is C30H33N3O5. The van der Waals surface area contributed by atoms with Crippen LogP contribution in [-0.2, 0) is 13.1 Å². The number of aryl methyl sites for hydroxylation is 1. The summed E-state index contributed by atoms with van der Waals surface area (Å²) in [6.45, 7) is 5.03. The first-order chi connectivity index (χ1) is 18.4. The minimum atomic E-state index is -0.431. The Kier molecular flexibility index (Phi) is 8.31. The smallest absolute Gasteiger partial charge is 0.332 e. The third kappa shape index (κ3) is 5.49. The van der Waals surface area contributed by atoms with Crippen LogP contribution in [0.1, 0.15) is 46.8 Å². The highest BCUT2D eigenvalue weighted by molar-refractivity contribution is 5.94. The third-order valence-electron chi connectivity index (χ3n) is 6.69. The number of nitrogens with zero attached hydrogens (tertiary/aromatic N) is 2. The predicted molar refractivity (Wildman–Crippen MR) is 149 cm³/mol. The summed E-state index contributed by atoms with van der Waals surface area (Å²) in [5.74, 6) is 0.695. The number of hydrogen-bond donors (Lipinski definition) is 1. The number of carbonyl (C=O) groups is 1. The molecule has 1 amide bonds. The number of amides is 1. The number of hydrogen-bond acceptors (Lipinski definition) is 5. The molecule has 1 heterocycles. The van der Waals surface area contributed by atoms with Crippen LogP contribution in [0.25, 0.3) is 10.9 Å². The Morgan fingerprint density at radius 3 is 2.24 bits per heavy atom. The van der Waals surface area contributed by atoms with Crippen molar-refractivity contribution in [2.24, 2.45) is 0 Å². The largest absolute Gasteiger partial charge is 0.493 e. The fraction of sp³-hybridized carbons (Fsp3) is 0.300. The van der Waals surface area contributed by atoms with E-state index in [1.165, 1.54) is 18.8 Å². The zero-order valence-corrected chi connectivity index (χ0v) is 22.2. The molecule has 1 aromatic heterocycles. The van der Waals surface area contributed by atoms with Crippen molar-refractivity contribution in [2.45, 2.75) is 39.8 Å². The molecule has 0 saturated heterocycles. The Morgan fingerprint density at radius 2 is 1.58 bits per heavy atom. The summed E-state index contributed by atoms with van der Waals surface area (Å²) in [6, 6.07) is 18.1. The fourth-order valence-electron chi connectivity index (χ4n) is 4.42. The van der Waals surface area contributed by atoms with Gasteiger partial charge >= 0.3 is 5.69 Å². The first-order valence-electron chi connectivity index (χ1n) is 12.7. The van der Waals surface area contributed by atoms with E-state index in [0.29, 0.717) is 34.5 Å². The van der Waals surface area contributed by atoms with E-state index >= 15 is 0 Å². The lowest BCUT2D eigenvalue weighted by Gasteiger charge is -2.17. The van der Waals surface area contributed by atoms with Gasteiger partial charge in [-0.25, -0.2) is 4.79 Å². The van der Waals surface area contributed by atoms with Crippen molar-refractivity contribution in [1.82, 2.24) is 14.5 Å². The van der Waals surface area contributed by atoms with Crippen LogP contribution in [0.5, 0.6) is 11.5 Å². The SMILES string of the molecule is CCCCNC(=O)c1ccc(Cn2c(=O)c3cc(OC)c(OC)cc3n(Cc3ccccc3C)c2=O)cc1. The van der Waals surface area contributed by atoms with Crippen molar-refractivity contribution in [2.75, 3.05) is 20.8 Å². The van der Waals surface area contributed by atoms with Crippen LogP contribution in [0.4, 0.5) is 0 Å². The minimum absolute atomic E-state index is 0.0630. The van der Waals surface area contributed by atoms with Gasteiger partial charge in [0.15, 0.2) is 11.5 Å². The predicted octanol–water partition coefficient (Wildman–Crippen LogP) is 4.12. The van der Waals surface area contributed by atoms with E-state index in [2.05, 4.69) is 12.2 Å². The zero-order valence-electron chi connectivity index (χ0n) is 22.2. The molecule has 0 unspecified atom stereocenters. The van der Waals surface area contributed by atoms with E-state index in [0.717, 1.165) is 29.5 Å². The summed E-state index contributed by atoms with van der Waals surface area (Å²) in [7, 11) is 3.02. The molecule has 0 bridgehead atoms. The average Bonchev–Trinajstić information content (AvgIpc) is 2.94. The molecule has 198 valence electrons. The van der Waals surface area contributed by atoms with Crippen molar-refractivity contribution in [3.63, 3.8) is 0 Å². The molecular weight excluding hydrogens is 482 g/mol. The number of benzene rings is 3. The van der Waals surface area contributed by atoms with Crippen LogP contribution in [0.2, 0.25) is 0 Å². The number of carbonyl (C=O) groups excluding carboxylic acids is 1. The van der Waals surface area contributed by atoms with Gasteiger partial charge in [0.25, 0.3) is 11.5 Å². The van der Waals surface area contributed by atoms with Gasteiger partial charge in [-0.15, -0.1) is 0 Å². The second kappa shape index (κ2) is 11.8. The van der Waals surface area contributed by atoms with Crippen LogP contribution < -0.4 is 26.0 Å². The Bertz CT molecular complexity index is 1570. The first-order valence-corrected chi connectivity index (χ1v) is 12.7. The quantitative estimate of drug-likeness (QED) is 0.321. The summed E-state index contributed by atoms with van der Waals surface area (Å²) in [5.41, 5.74) is 2.89. The maximum Gasteiger partial charge on any atom is 0.332 e. The molecule has 0 radical (unpaired) electrons. The lowest BCUT2D eigenvalue weighted by molar-refractivity contribution is 0.0953. The highest BCUT2D eigenvalue weighted by Crippen LogP contribution is 2.30. The van der Waals surface area contributed by atoms with Gasteiger partial charge in [0.1, 0.15) is 0 Å². The van der Waals surface area contributed by atoms with E-state index in [9.17, 15) is 14.4 Å². The molecule has 8 nitrogen and oxygen atoms in total. The molecule has 8 heteroatoms. The molecule has 1 N–H and O–H groups in total. The monoisotopic (exact) mass is 515 g/mol. The Morgan fingerprint density at radius 1 is 0.895 bits per heavy atom. The van der Waals surface area contributed by atoms with E-state index in [1.807, 2.05) is 31.2 Å². The molecule has 38 heavy (non-hydrogen) atoms. The van der Waals surface area contributed by atoms with Crippen LogP contribution in [0, 0.1) is 6.92 Å². The van der Waals surface area contributed by atoms with Crippen molar-refractivity contribution in [1.29, 1.82) is 0 Å². The Hall–Kier alpha value is -4.33. The van der Waals surface area contributed by atoms with E-state index in [-0.39, 0.29) is 19.0 Å². The molecule has 4 rings (SSSR count). The van der Waals surface area contributed by atoms with Gasteiger partial charge < -0.3 is 14.8 Å². The molecule has 0 saturated carbocycles. The van der Waals surface area contributed by atoms with Gasteiger partial charge in [-0.2, -0.15) is 0 Å². The number of rotatable bonds is 10. The standard InChI is InChI=1S/C30H33N3O5/c1-5-6-15-31-28(34)22-13-11-21(12-14-22)18-33-29(35)24-16-26(37-3)27(38-4)17-25(24)32(30(33)36)19-23-10-8-7-9-20(23)2/h7-14,16-17H,5-6,15,18-19H2,1-4H3,(H,31,34). The van der Waals surface area contributed by atoms with Crippen LogP contribution >= 0.6 is 0 Å². The van der Waals surface area contributed by atoms with Crippen LogP contribution in [-0.4, -0.2) is 35.8 Å². The van der Waals surface area contributed by atoms with Crippen LogP contribution in [0.3, 0.4) is 0 Å². The molecule has 0 fully saturated rings. The summed E-state index contributed by atoms with van der Waals surface area (Å²) >= 11 is 0. The maximum absolute atomic E-state index is 13.8. The van der Waals surface area contributed by atoms with Crippen molar-refractivity contribution < 1.29 is 14.3 Å². The highest BCUT2D eigenvalue weighted by Gasteiger charge is 2.18. The first kappa shape index (κ1) is 26.7. The van der Waals surface area contributed by atoms with E-state index in [4.69, 9.17) is 9.47 Å². The Labute approximate surface area is 221 Å². The molecule has 0 atom stereocenters. The third-order valence-corrected chi connectivity index (χ3v) is 6.69. The molecule has 4 aromatic rings. The Balaban J connectivity index is 1.79. The van der Waals surface area contributed by atoms with Gasteiger partial charge in [-0.1, -0.05) is 49.7 Å². The normalized spacial score (nSPS) is 10.9. The van der Waals surface area contributed by atoms with Gasteiger partial charge in [0.2, 0.25) is 0 Å². The number of nitrogens with one attached hydrogen (secondary N) is 1. The van der Waals surface area contributed by atoms with E-state index < -0.39 is 11.2 Å². The topological polar surface area (TPSA) is 91.6 Å². The second-order valence-electron chi connectivity index (χ2n) is 9.22. The summed E-state index contributed by atoms with van der Waals surface area (Å²) in [4.78, 5) is 39.8. The number of unbranched alkanes of at least 4 members (excludes halogenated alkanes) is 1. The number of ether oxygens (including phenoxy) is 2. The van der Waals surface area contributed by atoms with Gasteiger partial charge in [0.05, 0.1) is 38.2 Å². The molecule has 0 spiro atoms. The van der Waals surface area contributed by atoms with Crippen LogP contribution in [0.15, 0.2) is 70.3 Å². The number of methoxy groups -OCH3 is 2. The summed E-state index contributed by atoms with van der Waals surface area (Å²) in [5, 5.41) is 3.24. The lowest BCUT2D eigenvalue weighted by Crippen LogP contribution is -2.40. The molecule has 0 aliphatic carbocycles. The maximum atomic E-state index is 13.8. The molecule has 0 aliphatic heterocycles.